The second kappa shape index (κ2) is 24.7. The van der Waals surface area contributed by atoms with Crippen LogP contribution in [0.15, 0.2) is 18.7 Å². The molecule has 15 rings (SSSR count). The van der Waals surface area contributed by atoms with Crippen LogP contribution in [0.4, 0.5) is 0 Å². The molecule has 1 aromatic heterocycles. The van der Waals surface area contributed by atoms with Gasteiger partial charge in [-0.15, -0.1) is 0 Å². The summed E-state index contributed by atoms with van der Waals surface area (Å²) in [5.74, 6) is 0.833. The molecule has 20 nitrogen and oxygen atoms in total. The highest BCUT2D eigenvalue weighted by Crippen LogP contribution is 2.64. The normalized spacial score (nSPS) is 38.4. The second-order valence-electron chi connectivity index (χ2n) is 31.3. The number of aliphatic hydroxyl groups is 3. The maximum Gasteiger partial charge on any atom is 0.314 e. The first-order chi connectivity index (χ1) is 39.0. The summed E-state index contributed by atoms with van der Waals surface area (Å²) in [6.45, 7) is 24.7. The summed E-state index contributed by atoms with van der Waals surface area (Å²) in [6, 6.07) is 0. The first-order valence-electron chi connectivity index (χ1n) is 31.2. The summed E-state index contributed by atoms with van der Waals surface area (Å²) in [6.07, 6.45) is 15.3. The minimum absolute atomic E-state index is 0. The molecule has 9 atom stereocenters. The van der Waals surface area contributed by atoms with Gasteiger partial charge >= 0.3 is 29.8 Å². The van der Waals surface area contributed by atoms with Gasteiger partial charge in [-0.1, -0.05) is 28.2 Å². The van der Waals surface area contributed by atoms with Gasteiger partial charge in [-0.05, 0) is 219 Å². The van der Waals surface area contributed by atoms with E-state index in [-0.39, 0.29) is 109 Å². The van der Waals surface area contributed by atoms with Crippen molar-refractivity contribution in [1.82, 2.24) is 9.55 Å². The van der Waals surface area contributed by atoms with Crippen molar-refractivity contribution in [3.8, 4) is 0 Å². The Bertz CT molecular complexity index is 2510. The summed E-state index contributed by atoms with van der Waals surface area (Å²) in [4.78, 5) is 78.3. The standard InChI is InChI=1S/C21H32O6.C18H28O6.C17H26O5.C8H12N2O.CH4/c1-19(2,3)17(22)26-16-13-6-12-7-14(16)10-21(8-12,9-13)18(23)25-15-11-24-20(4,5)27-15;1-17(2,3)15(21)24-14-11-4-10-5-12(14)8-18(6-10,7-11)16(22)23-13(20)9-19;1-16(2)21-9-13(22-16)8-20-15(19)17-5-10-3-11(6-17)14(18)12(4-10)7-17;1-8(2,3)7(11)10-5-4-9-6-10;/h12-16H,6-11H2,1-5H3;10-14,19-20H,4-9H2,1-3H3;10-14,18H,3-9H2,1-2H3;4-6H,1-3H3;1H4. The van der Waals surface area contributed by atoms with Gasteiger partial charge in [0.15, 0.2) is 11.6 Å². The van der Waals surface area contributed by atoms with Crippen molar-refractivity contribution in [2.45, 2.75) is 242 Å². The van der Waals surface area contributed by atoms with Crippen molar-refractivity contribution in [2.75, 3.05) is 26.4 Å². The second-order valence-corrected chi connectivity index (χ2v) is 31.3. The molecule has 2 aliphatic heterocycles. The van der Waals surface area contributed by atoms with Crippen LogP contribution in [0.5, 0.6) is 0 Å². The molecule has 1 aromatic rings. The molecular formula is C65H102N2O18. The number of carbonyl (C=O) groups is 6. The number of hydrogen-bond donors (Lipinski definition) is 3. The molecule has 0 amide bonds. The number of nitrogens with zero attached hydrogens (tertiary/aromatic N) is 2. The van der Waals surface area contributed by atoms with Crippen LogP contribution in [0, 0.1) is 85.8 Å². The molecule has 85 heavy (non-hydrogen) atoms. The van der Waals surface area contributed by atoms with Crippen molar-refractivity contribution in [2.24, 2.45) is 85.8 Å². The fraction of sp³-hybridized carbons (Fsp3) is 0.862. The lowest BCUT2D eigenvalue weighted by Gasteiger charge is -2.58. The first kappa shape index (κ1) is 66.9. The van der Waals surface area contributed by atoms with Crippen LogP contribution in [0.1, 0.15) is 199 Å². The largest absolute Gasteiger partial charge is 0.462 e. The Hall–Kier alpha value is -4.05. The van der Waals surface area contributed by atoms with Gasteiger partial charge in [0, 0.05) is 17.8 Å². The molecule has 12 saturated carbocycles. The summed E-state index contributed by atoms with van der Waals surface area (Å²) < 4.78 is 52.0. The molecule has 0 radical (unpaired) electrons. The Morgan fingerprint density at radius 3 is 1.40 bits per heavy atom. The highest BCUT2D eigenvalue weighted by atomic mass is 16.8. The lowest BCUT2D eigenvalue weighted by Crippen LogP contribution is -2.58. The molecule has 2 saturated heterocycles. The fourth-order valence-corrected chi connectivity index (χ4v) is 16.9. The molecule has 3 heterocycles. The highest BCUT2D eigenvalue weighted by Gasteiger charge is 2.63. The average molecular weight is 1200 g/mol. The van der Waals surface area contributed by atoms with E-state index in [1.807, 2.05) is 90.0 Å². The lowest BCUT2D eigenvalue weighted by atomic mass is 9.48. The predicted molar refractivity (Wildman–Crippen MR) is 308 cm³/mol. The third kappa shape index (κ3) is 14.8. The van der Waals surface area contributed by atoms with E-state index in [1.54, 1.807) is 12.4 Å². The number of aromatic nitrogens is 2. The molecule has 20 heteroatoms. The van der Waals surface area contributed by atoms with Crippen LogP contribution < -0.4 is 0 Å². The van der Waals surface area contributed by atoms with E-state index in [4.69, 9.17) is 47.7 Å². The lowest BCUT2D eigenvalue weighted by molar-refractivity contribution is -0.222. The zero-order valence-corrected chi connectivity index (χ0v) is 52.2. The Morgan fingerprint density at radius 1 is 0.588 bits per heavy atom. The van der Waals surface area contributed by atoms with Crippen LogP contribution in [0.2, 0.25) is 0 Å². The Kier molecular flexibility index (Phi) is 19.5. The molecule has 14 fully saturated rings. The number of ether oxygens (including phenoxy) is 9. The minimum atomic E-state index is -1.46. The fourth-order valence-electron chi connectivity index (χ4n) is 16.9. The van der Waals surface area contributed by atoms with Gasteiger partial charge in [-0.3, -0.25) is 33.3 Å². The Balaban J connectivity index is 0.000000152. The van der Waals surface area contributed by atoms with Crippen LogP contribution in [0.3, 0.4) is 0 Å². The molecule has 3 N–H and O–H groups in total. The van der Waals surface area contributed by atoms with Gasteiger partial charge in [-0.25, -0.2) is 4.98 Å². The number of aliphatic hydroxyl groups excluding tert-OH is 3. The van der Waals surface area contributed by atoms with Crippen LogP contribution in [-0.2, 0) is 66.6 Å². The van der Waals surface area contributed by atoms with Crippen LogP contribution in [-0.4, -0.2) is 136 Å². The molecule has 480 valence electrons. The summed E-state index contributed by atoms with van der Waals surface area (Å²) in [5, 5.41) is 28.6. The van der Waals surface area contributed by atoms with Crippen molar-refractivity contribution in [3.63, 3.8) is 0 Å². The van der Waals surface area contributed by atoms with Crippen molar-refractivity contribution in [3.05, 3.63) is 18.7 Å². The van der Waals surface area contributed by atoms with E-state index in [2.05, 4.69) is 4.98 Å². The minimum Gasteiger partial charge on any atom is -0.462 e. The maximum atomic E-state index is 13.1. The van der Waals surface area contributed by atoms with Gasteiger partial charge in [0.05, 0.1) is 39.8 Å². The van der Waals surface area contributed by atoms with E-state index >= 15 is 0 Å². The molecule has 0 aromatic carbocycles. The molecule has 12 aliphatic carbocycles. The monoisotopic (exact) mass is 1200 g/mol. The quantitative estimate of drug-likeness (QED) is 0.112. The first-order valence-corrected chi connectivity index (χ1v) is 31.2. The topological polar surface area (TPSA) is 264 Å². The summed E-state index contributed by atoms with van der Waals surface area (Å²) in [5.41, 5.74) is -2.74. The molecule has 9 unspecified atom stereocenters. The van der Waals surface area contributed by atoms with Crippen molar-refractivity contribution in [1.29, 1.82) is 0 Å². The number of hydrogen-bond acceptors (Lipinski definition) is 19. The third-order valence-electron chi connectivity index (χ3n) is 20.1. The zero-order valence-electron chi connectivity index (χ0n) is 52.2. The number of imidazole rings is 1. The van der Waals surface area contributed by atoms with E-state index in [0.717, 1.165) is 83.5 Å². The van der Waals surface area contributed by atoms with Crippen LogP contribution in [0.25, 0.3) is 0 Å². The van der Waals surface area contributed by atoms with Crippen molar-refractivity contribution < 1.29 is 86.7 Å². The smallest absolute Gasteiger partial charge is 0.314 e. The van der Waals surface area contributed by atoms with Gasteiger partial charge in [0.1, 0.15) is 44.5 Å². The van der Waals surface area contributed by atoms with Gasteiger partial charge in [0.25, 0.3) is 0 Å². The Morgan fingerprint density at radius 2 is 1.01 bits per heavy atom. The number of rotatable bonds is 10. The van der Waals surface area contributed by atoms with E-state index < -0.39 is 58.4 Å². The highest BCUT2D eigenvalue weighted by molar-refractivity contribution is 5.83. The molecule has 14 aliphatic rings. The maximum absolute atomic E-state index is 13.1. The number of carbonyl (C=O) groups excluding carboxylic acids is 6. The SMILES string of the molecule is C.CC(C)(C)C(=O)OC1C2CC3CC1CC(C(=O)OC(O)CO)(C3)C2.CC(C)(C)C(=O)n1ccnc1.CC1(C)OCC(COC(=O)C23CC4CC(C2)C(O)C(C4)C3)O1.CC1(C)OCC(OC(=O)C23CC4CC(C2)C(OC(=O)C(C)(C)C)C(C4)C3)O1. The Labute approximate surface area is 503 Å². The summed E-state index contributed by atoms with van der Waals surface area (Å²) in [7, 11) is 0. The van der Waals surface area contributed by atoms with Gasteiger partial charge in [0.2, 0.25) is 18.5 Å². The average Bonchev–Trinajstić information content (AvgIpc) is 1.21. The summed E-state index contributed by atoms with van der Waals surface area (Å²) >= 11 is 0. The van der Waals surface area contributed by atoms with Gasteiger partial charge < -0.3 is 58.0 Å². The van der Waals surface area contributed by atoms with Gasteiger partial charge in [-0.2, -0.15) is 0 Å². The predicted octanol–water partition coefficient (Wildman–Crippen LogP) is 9.12. The zero-order chi connectivity index (χ0) is 61.3. The van der Waals surface area contributed by atoms with Crippen molar-refractivity contribution >= 4 is 35.8 Å². The van der Waals surface area contributed by atoms with E-state index in [0.29, 0.717) is 49.0 Å². The molecule has 0 spiro atoms. The molecular weight excluding hydrogens is 1100 g/mol. The third-order valence-corrected chi connectivity index (χ3v) is 20.1. The number of esters is 5. The van der Waals surface area contributed by atoms with E-state index in [9.17, 15) is 39.0 Å². The molecule has 12 bridgehead atoms. The van der Waals surface area contributed by atoms with E-state index in [1.165, 1.54) is 10.9 Å². The van der Waals surface area contributed by atoms with Crippen LogP contribution >= 0.6 is 0 Å².